The lowest BCUT2D eigenvalue weighted by atomic mass is 10.4. The third-order valence-electron chi connectivity index (χ3n) is 1.48. The largest absolute Gasteiger partial charge is 0.472 e. The molecule has 1 rings (SSSR count). The summed E-state index contributed by atoms with van der Waals surface area (Å²) in [6.45, 7) is 2.30. The van der Waals surface area contributed by atoms with Crippen LogP contribution in [0.5, 0.6) is 5.88 Å². The SMILES string of the molecule is C/C=C/COc1nc(N)c(Cl)cc1Cl. The first-order chi connectivity index (χ1) is 6.65. The molecule has 0 amide bonds. The predicted octanol–water partition coefficient (Wildman–Crippen LogP) is 2.93. The van der Waals surface area contributed by atoms with Crippen LogP contribution in [-0.2, 0) is 0 Å². The van der Waals surface area contributed by atoms with Gasteiger partial charge in [0, 0.05) is 0 Å². The van der Waals surface area contributed by atoms with Gasteiger partial charge in [-0.3, -0.25) is 0 Å². The molecule has 0 fully saturated rings. The summed E-state index contributed by atoms with van der Waals surface area (Å²) in [5, 5.41) is 0.682. The molecule has 5 heteroatoms. The Kier molecular flexibility index (Phi) is 4.04. The van der Waals surface area contributed by atoms with Crippen LogP contribution < -0.4 is 10.5 Å². The van der Waals surface area contributed by atoms with E-state index in [1.54, 1.807) is 0 Å². The average Bonchev–Trinajstić information content (AvgIpc) is 2.14. The molecule has 0 saturated heterocycles. The van der Waals surface area contributed by atoms with E-state index in [-0.39, 0.29) is 5.82 Å². The zero-order valence-corrected chi connectivity index (χ0v) is 9.14. The minimum absolute atomic E-state index is 0.214. The molecule has 1 aromatic heterocycles. The van der Waals surface area contributed by atoms with Crippen molar-refractivity contribution >= 4 is 29.0 Å². The molecule has 0 bridgehead atoms. The minimum Gasteiger partial charge on any atom is -0.472 e. The number of nitrogens with two attached hydrogens (primary N) is 1. The minimum atomic E-state index is 0.214. The van der Waals surface area contributed by atoms with Crippen LogP contribution in [0.3, 0.4) is 0 Å². The molecule has 0 radical (unpaired) electrons. The molecule has 76 valence electrons. The molecule has 0 aliphatic rings. The van der Waals surface area contributed by atoms with Gasteiger partial charge in [0.15, 0.2) is 0 Å². The summed E-state index contributed by atoms with van der Waals surface area (Å²) in [5.41, 5.74) is 5.49. The van der Waals surface area contributed by atoms with E-state index < -0.39 is 0 Å². The highest BCUT2D eigenvalue weighted by Gasteiger charge is 2.07. The van der Waals surface area contributed by atoms with E-state index in [0.717, 1.165) is 0 Å². The number of pyridine rings is 1. The summed E-state index contributed by atoms with van der Waals surface area (Å²) in [6, 6.07) is 1.51. The molecule has 0 aliphatic heterocycles. The smallest absolute Gasteiger partial charge is 0.234 e. The molecule has 0 saturated carbocycles. The standard InChI is InChI=1S/C9H10Cl2N2O/c1-2-3-4-14-9-7(11)5-6(10)8(12)13-9/h2-3,5H,4H2,1H3,(H2,12,13)/b3-2+. The van der Waals surface area contributed by atoms with E-state index >= 15 is 0 Å². The van der Waals surface area contributed by atoms with Gasteiger partial charge in [0.25, 0.3) is 0 Å². The molecule has 3 nitrogen and oxygen atoms in total. The van der Waals surface area contributed by atoms with E-state index in [4.69, 9.17) is 33.7 Å². The monoisotopic (exact) mass is 232 g/mol. The van der Waals surface area contributed by atoms with Crippen molar-refractivity contribution in [3.63, 3.8) is 0 Å². The fraction of sp³-hybridized carbons (Fsp3) is 0.222. The summed E-state index contributed by atoms with van der Waals surface area (Å²) < 4.78 is 5.24. The normalized spacial score (nSPS) is 10.8. The van der Waals surface area contributed by atoms with Crippen LogP contribution >= 0.6 is 23.2 Å². The van der Waals surface area contributed by atoms with Crippen molar-refractivity contribution in [3.05, 3.63) is 28.3 Å². The topological polar surface area (TPSA) is 48.1 Å². The van der Waals surface area contributed by atoms with Crippen molar-refractivity contribution in [1.82, 2.24) is 4.98 Å². The summed E-state index contributed by atoms with van der Waals surface area (Å²) in [6.07, 6.45) is 3.70. The van der Waals surface area contributed by atoms with Gasteiger partial charge in [0.05, 0.1) is 5.02 Å². The van der Waals surface area contributed by atoms with Crippen LogP contribution in [0.15, 0.2) is 18.2 Å². The third kappa shape index (κ3) is 2.79. The number of hydrogen-bond donors (Lipinski definition) is 1. The Bertz CT molecular complexity index is 353. The third-order valence-corrected chi connectivity index (χ3v) is 2.05. The summed E-state index contributed by atoms with van der Waals surface area (Å²) in [4.78, 5) is 3.90. The number of rotatable bonds is 3. The van der Waals surface area contributed by atoms with Gasteiger partial charge in [0.1, 0.15) is 17.4 Å². The van der Waals surface area contributed by atoms with Crippen LogP contribution in [0, 0.1) is 0 Å². The molecule has 0 unspecified atom stereocenters. The molecule has 14 heavy (non-hydrogen) atoms. The van der Waals surface area contributed by atoms with Crippen LogP contribution in [0.25, 0.3) is 0 Å². The van der Waals surface area contributed by atoms with Crippen molar-refractivity contribution < 1.29 is 4.74 Å². The van der Waals surface area contributed by atoms with Crippen molar-refractivity contribution in [3.8, 4) is 5.88 Å². The fourth-order valence-corrected chi connectivity index (χ4v) is 1.20. The molecule has 2 N–H and O–H groups in total. The number of nitrogens with zero attached hydrogens (tertiary/aromatic N) is 1. The maximum atomic E-state index is 5.83. The first kappa shape index (κ1) is 11.1. The molecule has 0 aromatic carbocycles. The second-order valence-corrected chi connectivity index (χ2v) is 3.34. The molecule has 1 aromatic rings. The van der Waals surface area contributed by atoms with E-state index in [9.17, 15) is 0 Å². The highest BCUT2D eigenvalue weighted by atomic mass is 35.5. The summed E-state index contributed by atoms with van der Waals surface area (Å²) in [7, 11) is 0. The van der Waals surface area contributed by atoms with E-state index in [2.05, 4.69) is 4.98 Å². The van der Waals surface area contributed by atoms with Gasteiger partial charge >= 0.3 is 0 Å². The highest BCUT2D eigenvalue weighted by molar-refractivity contribution is 6.36. The van der Waals surface area contributed by atoms with E-state index in [1.807, 2.05) is 19.1 Å². The maximum absolute atomic E-state index is 5.83. The zero-order valence-electron chi connectivity index (χ0n) is 7.63. The lowest BCUT2D eigenvalue weighted by molar-refractivity contribution is 0.349. The Morgan fingerprint density at radius 2 is 2.21 bits per heavy atom. The number of hydrogen-bond acceptors (Lipinski definition) is 3. The number of ether oxygens (including phenoxy) is 1. The van der Waals surface area contributed by atoms with Crippen molar-refractivity contribution in [2.75, 3.05) is 12.3 Å². The molecule has 1 heterocycles. The first-order valence-electron chi connectivity index (χ1n) is 4.00. The van der Waals surface area contributed by atoms with Crippen LogP contribution in [-0.4, -0.2) is 11.6 Å². The van der Waals surface area contributed by atoms with Gasteiger partial charge in [0.2, 0.25) is 5.88 Å². The number of halogens is 2. The van der Waals surface area contributed by atoms with Crippen molar-refractivity contribution in [1.29, 1.82) is 0 Å². The number of allylic oxidation sites excluding steroid dienone is 1. The molecule has 0 atom stereocenters. The second-order valence-electron chi connectivity index (χ2n) is 2.52. The van der Waals surface area contributed by atoms with Gasteiger partial charge < -0.3 is 10.5 Å². The molecular weight excluding hydrogens is 223 g/mol. The number of aromatic nitrogens is 1. The number of nitrogen functional groups attached to an aromatic ring is 1. The zero-order chi connectivity index (χ0) is 10.6. The van der Waals surface area contributed by atoms with Gasteiger partial charge in [-0.25, -0.2) is 0 Å². The molecular formula is C9H10Cl2N2O. The van der Waals surface area contributed by atoms with Crippen molar-refractivity contribution in [2.45, 2.75) is 6.92 Å². The van der Waals surface area contributed by atoms with Crippen LogP contribution in [0.2, 0.25) is 10.0 Å². The quantitative estimate of drug-likeness (QED) is 0.816. The number of anilines is 1. The lowest BCUT2D eigenvalue weighted by Crippen LogP contribution is -1.99. The molecule has 0 spiro atoms. The van der Waals surface area contributed by atoms with E-state index in [0.29, 0.717) is 22.5 Å². The van der Waals surface area contributed by atoms with Crippen molar-refractivity contribution in [2.24, 2.45) is 0 Å². The predicted molar refractivity (Wildman–Crippen MR) is 59.0 cm³/mol. The fourth-order valence-electron chi connectivity index (χ4n) is 0.788. The first-order valence-corrected chi connectivity index (χ1v) is 4.76. The van der Waals surface area contributed by atoms with Gasteiger partial charge in [-0.05, 0) is 13.0 Å². The maximum Gasteiger partial charge on any atom is 0.234 e. The second kappa shape index (κ2) is 5.08. The Labute approximate surface area is 92.5 Å². The Morgan fingerprint density at radius 1 is 1.50 bits per heavy atom. The summed E-state index contributed by atoms with van der Waals surface area (Å²) in [5.74, 6) is 0.512. The highest BCUT2D eigenvalue weighted by Crippen LogP contribution is 2.28. The Morgan fingerprint density at radius 3 is 2.86 bits per heavy atom. The summed E-state index contributed by atoms with van der Waals surface area (Å²) >= 11 is 11.5. The van der Waals surface area contributed by atoms with E-state index in [1.165, 1.54) is 6.07 Å². The van der Waals surface area contributed by atoms with Gasteiger partial charge in [-0.2, -0.15) is 4.98 Å². The lowest BCUT2D eigenvalue weighted by Gasteiger charge is -2.06. The Hall–Kier alpha value is -0.930. The van der Waals surface area contributed by atoms with Gasteiger partial charge in [-0.15, -0.1) is 0 Å². The van der Waals surface area contributed by atoms with Crippen LogP contribution in [0.4, 0.5) is 5.82 Å². The van der Waals surface area contributed by atoms with Gasteiger partial charge in [-0.1, -0.05) is 35.4 Å². The molecule has 0 aliphatic carbocycles. The average molecular weight is 233 g/mol. The van der Waals surface area contributed by atoms with Crippen LogP contribution in [0.1, 0.15) is 6.92 Å². The Balaban J connectivity index is 2.81.